The summed E-state index contributed by atoms with van der Waals surface area (Å²) in [6.07, 6.45) is 5.82. The maximum absolute atomic E-state index is 10.7. The molecule has 0 aliphatic rings. The Balaban J connectivity index is 0.000000483. The Kier molecular flexibility index (Phi) is 13.5. The van der Waals surface area contributed by atoms with Crippen molar-refractivity contribution in [3.05, 3.63) is 70.8 Å². The van der Waals surface area contributed by atoms with Crippen molar-refractivity contribution in [1.82, 2.24) is 0 Å². The van der Waals surface area contributed by atoms with Gasteiger partial charge in [-0.15, -0.1) is 0 Å². The minimum atomic E-state index is -1.08. The first-order valence-electron chi connectivity index (χ1n) is 9.09. The molecule has 0 bridgehead atoms. The monoisotopic (exact) mass is 562 g/mol. The zero-order chi connectivity index (χ0) is 19.4. The van der Waals surface area contributed by atoms with E-state index in [9.17, 15) is 19.8 Å². The van der Waals surface area contributed by atoms with Crippen LogP contribution in [0, 0.1) is 0 Å². The number of aromatic carboxylic acids is 2. The number of carboxylic acid groups (broad SMARTS) is 2. The van der Waals surface area contributed by atoms with E-state index in [1.165, 1.54) is 0 Å². The van der Waals surface area contributed by atoms with Gasteiger partial charge in [0.1, 0.15) is 0 Å². The van der Waals surface area contributed by atoms with Gasteiger partial charge in [0.05, 0.1) is 11.9 Å². The van der Waals surface area contributed by atoms with Crippen LogP contribution in [0.1, 0.15) is 71.4 Å². The number of hydrogen-bond donors (Lipinski definition) is 0. The third-order valence-corrected chi connectivity index (χ3v) is 4.07. The molecule has 0 unspecified atom stereocenters. The molecule has 2 aromatic rings. The van der Waals surface area contributed by atoms with Crippen LogP contribution in [0.25, 0.3) is 0 Å². The zero-order valence-electron chi connectivity index (χ0n) is 16.0. The first kappa shape index (κ1) is 25.3. The molecule has 0 amide bonds. The van der Waals surface area contributed by atoms with Crippen molar-refractivity contribution < 1.29 is 19.8 Å². The van der Waals surface area contributed by atoms with Crippen molar-refractivity contribution in [3.8, 4) is 0 Å². The van der Waals surface area contributed by atoms with E-state index in [0.29, 0.717) is 11.1 Å². The van der Waals surface area contributed by atoms with Crippen molar-refractivity contribution in [1.29, 1.82) is 0 Å². The Morgan fingerprint density at radius 1 is 0.704 bits per heavy atom. The molecule has 0 saturated carbocycles. The Hall–Kier alpha value is -1.70. The first-order valence-corrected chi connectivity index (χ1v) is 9.09. The number of carbonyl (C=O) groups is 2. The van der Waals surface area contributed by atoms with Gasteiger partial charge < -0.3 is 19.8 Å². The van der Waals surface area contributed by atoms with E-state index in [0.717, 1.165) is 49.7 Å². The first-order chi connectivity index (χ1) is 12.5. The van der Waals surface area contributed by atoms with Gasteiger partial charge in [-0.2, -0.15) is 0 Å². The molecule has 0 aliphatic carbocycles. The number of carboxylic acids is 2. The Morgan fingerprint density at radius 2 is 1.04 bits per heavy atom. The number of rotatable bonds is 8. The molecule has 0 saturated heterocycles. The summed E-state index contributed by atoms with van der Waals surface area (Å²) in [5.74, 6) is -2.15. The number of unbranched alkanes of at least 4 members (excludes halogenated alkanes) is 2. The topological polar surface area (TPSA) is 80.3 Å². The van der Waals surface area contributed by atoms with Crippen LogP contribution < -0.4 is 10.2 Å². The smallest absolute Gasteiger partial charge is 0.545 e. The summed E-state index contributed by atoms with van der Waals surface area (Å²) in [5, 5.41) is 21.3. The molecule has 0 aliphatic heterocycles. The molecule has 0 spiro atoms. The SMILES string of the molecule is CCCCc1ccccc1C(=O)[O-].CCCCc1ccccc1C(=O)[O-].[Pb+2]. The number of carbonyl (C=O) groups excluding carboxylic acids is 2. The molecule has 0 fully saturated rings. The van der Waals surface area contributed by atoms with E-state index in [4.69, 9.17) is 0 Å². The Morgan fingerprint density at radius 3 is 1.33 bits per heavy atom. The Bertz CT molecular complexity index is 651. The van der Waals surface area contributed by atoms with E-state index in [2.05, 4.69) is 13.8 Å². The third kappa shape index (κ3) is 9.17. The van der Waals surface area contributed by atoms with Crippen molar-refractivity contribution in [2.75, 3.05) is 0 Å². The van der Waals surface area contributed by atoms with E-state index in [-0.39, 0.29) is 27.3 Å². The van der Waals surface area contributed by atoms with Gasteiger partial charge in [-0.3, -0.25) is 0 Å². The van der Waals surface area contributed by atoms with E-state index >= 15 is 0 Å². The quantitative estimate of drug-likeness (QED) is 0.464. The second-order valence-electron chi connectivity index (χ2n) is 6.10. The molecular formula is C22H26O4Pb. The molecule has 0 atom stereocenters. The maximum atomic E-state index is 10.7. The van der Waals surface area contributed by atoms with Crippen LogP contribution in [-0.2, 0) is 12.8 Å². The largest absolute Gasteiger partial charge is 2.00 e. The fraction of sp³-hybridized carbons (Fsp3) is 0.364. The van der Waals surface area contributed by atoms with Gasteiger partial charge >= 0.3 is 27.3 Å². The van der Waals surface area contributed by atoms with Gasteiger partial charge in [0, 0.05) is 11.1 Å². The summed E-state index contributed by atoms with van der Waals surface area (Å²) < 4.78 is 0. The molecule has 142 valence electrons. The van der Waals surface area contributed by atoms with Crippen molar-refractivity contribution in [2.24, 2.45) is 0 Å². The van der Waals surface area contributed by atoms with Crippen LogP contribution >= 0.6 is 0 Å². The zero-order valence-corrected chi connectivity index (χ0v) is 19.9. The third-order valence-electron chi connectivity index (χ3n) is 4.07. The minimum absolute atomic E-state index is 0. The van der Waals surface area contributed by atoms with Crippen LogP contribution in [0.2, 0.25) is 0 Å². The second kappa shape index (κ2) is 14.4. The Labute approximate surface area is 181 Å². The van der Waals surface area contributed by atoms with Crippen molar-refractivity contribution in [3.63, 3.8) is 0 Å². The summed E-state index contributed by atoms with van der Waals surface area (Å²) >= 11 is 0. The standard InChI is InChI=1S/2C11H14O2.Pb/c2*1-2-3-6-9-7-4-5-8-10(9)11(12)13;/h2*4-5,7-8H,2-3,6H2,1H3,(H,12,13);/q;;+2/p-2. The van der Waals surface area contributed by atoms with E-state index in [1.54, 1.807) is 24.3 Å². The minimum Gasteiger partial charge on any atom is -0.545 e. The molecule has 4 nitrogen and oxygen atoms in total. The predicted molar refractivity (Wildman–Crippen MR) is 105 cm³/mol. The number of aryl methyl sites for hydroxylation is 2. The van der Waals surface area contributed by atoms with Gasteiger partial charge in [0.15, 0.2) is 0 Å². The summed E-state index contributed by atoms with van der Waals surface area (Å²) in [6.45, 7) is 4.17. The summed E-state index contributed by atoms with van der Waals surface area (Å²) in [7, 11) is 0. The summed E-state index contributed by atoms with van der Waals surface area (Å²) in [5.41, 5.74) is 2.42. The van der Waals surface area contributed by atoms with Gasteiger partial charge in [-0.25, -0.2) is 0 Å². The fourth-order valence-corrected chi connectivity index (χ4v) is 2.61. The van der Waals surface area contributed by atoms with Crippen LogP contribution in [0.3, 0.4) is 0 Å². The molecule has 2 radical (unpaired) electrons. The van der Waals surface area contributed by atoms with E-state index < -0.39 is 11.9 Å². The average Bonchev–Trinajstić information content (AvgIpc) is 2.65. The average molecular weight is 562 g/mol. The predicted octanol–water partition coefficient (Wildman–Crippen LogP) is 2.40. The van der Waals surface area contributed by atoms with Crippen LogP contribution in [0.5, 0.6) is 0 Å². The van der Waals surface area contributed by atoms with Gasteiger partial charge in [0.25, 0.3) is 0 Å². The summed E-state index contributed by atoms with van der Waals surface area (Å²) in [4.78, 5) is 21.3. The van der Waals surface area contributed by atoms with Gasteiger partial charge in [-0.05, 0) is 36.8 Å². The molecular weight excluding hydrogens is 535 g/mol. The van der Waals surface area contributed by atoms with Crippen LogP contribution in [0.15, 0.2) is 48.5 Å². The molecule has 2 aromatic carbocycles. The fourth-order valence-electron chi connectivity index (χ4n) is 2.61. The molecule has 5 heteroatoms. The van der Waals surface area contributed by atoms with Crippen molar-refractivity contribution in [2.45, 2.75) is 52.4 Å². The van der Waals surface area contributed by atoms with Gasteiger partial charge in [-0.1, -0.05) is 75.2 Å². The molecule has 0 aromatic heterocycles. The van der Waals surface area contributed by atoms with E-state index in [1.807, 2.05) is 24.3 Å². The van der Waals surface area contributed by atoms with Gasteiger partial charge in [0.2, 0.25) is 0 Å². The molecule has 2 rings (SSSR count). The number of benzene rings is 2. The number of hydrogen-bond acceptors (Lipinski definition) is 4. The maximum Gasteiger partial charge on any atom is 2.00 e. The second-order valence-corrected chi connectivity index (χ2v) is 6.10. The van der Waals surface area contributed by atoms with Crippen molar-refractivity contribution >= 4 is 39.2 Å². The normalized spacial score (nSPS) is 9.56. The molecule has 0 heterocycles. The molecule has 27 heavy (non-hydrogen) atoms. The molecule has 0 N–H and O–H groups in total. The van der Waals surface area contributed by atoms with Crippen LogP contribution in [-0.4, -0.2) is 39.2 Å². The summed E-state index contributed by atoms with van der Waals surface area (Å²) in [6, 6.07) is 14.1. The van der Waals surface area contributed by atoms with Crippen LogP contribution in [0.4, 0.5) is 0 Å².